The van der Waals surface area contributed by atoms with Crippen molar-refractivity contribution in [3.63, 3.8) is 0 Å². The van der Waals surface area contributed by atoms with Crippen LogP contribution in [-0.4, -0.2) is 60.1 Å². The molecule has 4 rings (SSSR count). The SMILES string of the molecule is O=C(OCC(OC(=O)c1ccccc1)C1OC(O)C(F)(F)C1OC(=O)c1ccccc1)c1ccccc1. The average Bonchev–Trinajstić information content (AvgIpc) is 3.15. The van der Waals surface area contributed by atoms with E-state index in [9.17, 15) is 28.3 Å². The number of hydrogen-bond donors (Lipinski definition) is 1. The highest BCUT2D eigenvalue weighted by Gasteiger charge is 2.63. The first-order valence-corrected chi connectivity index (χ1v) is 11.2. The summed E-state index contributed by atoms with van der Waals surface area (Å²) in [6.07, 6.45) is -8.57. The molecule has 8 nitrogen and oxygen atoms in total. The number of carbonyl (C=O) groups is 3. The number of rotatable bonds is 8. The molecule has 0 spiro atoms. The van der Waals surface area contributed by atoms with Gasteiger partial charge in [0.15, 0.2) is 6.10 Å². The number of esters is 3. The number of alkyl halides is 2. The Labute approximate surface area is 210 Å². The fraction of sp³-hybridized carbons (Fsp3) is 0.222. The monoisotopic (exact) mass is 512 g/mol. The van der Waals surface area contributed by atoms with E-state index in [0.717, 1.165) is 0 Å². The maximum atomic E-state index is 14.9. The minimum Gasteiger partial charge on any atom is -0.458 e. The second-order valence-electron chi connectivity index (χ2n) is 8.09. The lowest BCUT2D eigenvalue weighted by Gasteiger charge is -2.28. The Bertz CT molecular complexity index is 1220. The maximum absolute atomic E-state index is 14.9. The molecule has 0 saturated carbocycles. The smallest absolute Gasteiger partial charge is 0.338 e. The van der Waals surface area contributed by atoms with Crippen LogP contribution in [-0.2, 0) is 18.9 Å². The lowest BCUT2D eigenvalue weighted by atomic mass is 10.0. The van der Waals surface area contributed by atoms with Crippen molar-refractivity contribution in [2.24, 2.45) is 0 Å². The second-order valence-corrected chi connectivity index (χ2v) is 8.09. The molecule has 1 N–H and O–H groups in total. The van der Waals surface area contributed by atoms with Crippen LogP contribution in [0.4, 0.5) is 8.78 Å². The third-order valence-corrected chi connectivity index (χ3v) is 5.56. The summed E-state index contributed by atoms with van der Waals surface area (Å²) in [5.41, 5.74) is 0.234. The summed E-state index contributed by atoms with van der Waals surface area (Å²) in [6, 6.07) is 22.8. The average molecular weight is 512 g/mol. The van der Waals surface area contributed by atoms with E-state index in [4.69, 9.17) is 18.9 Å². The van der Waals surface area contributed by atoms with Gasteiger partial charge in [-0.1, -0.05) is 54.6 Å². The summed E-state index contributed by atoms with van der Waals surface area (Å²) in [4.78, 5) is 37.8. The molecule has 3 aromatic rings. The molecule has 4 atom stereocenters. The Balaban J connectivity index is 1.59. The van der Waals surface area contributed by atoms with Crippen LogP contribution in [0.25, 0.3) is 0 Å². The van der Waals surface area contributed by atoms with Crippen LogP contribution in [0.5, 0.6) is 0 Å². The number of benzene rings is 3. The Morgan fingerprint density at radius 3 is 1.76 bits per heavy atom. The van der Waals surface area contributed by atoms with Gasteiger partial charge in [-0.25, -0.2) is 14.4 Å². The van der Waals surface area contributed by atoms with Crippen LogP contribution in [0.1, 0.15) is 31.1 Å². The van der Waals surface area contributed by atoms with Crippen molar-refractivity contribution in [3.05, 3.63) is 108 Å². The first kappa shape index (κ1) is 25.9. The largest absolute Gasteiger partial charge is 0.458 e. The summed E-state index contributed by atoms with van der Waals surface area (Å²) in [5.74, 6) is -6.91. The minimum atomic E-state index is -4.06. The van der Waals surface area contributed by atoms with Crippen molar-refractivity contribution >= 4 is 17.9 Å². The van der Waals surface area contributed by atoms with E-state index in [1.165, 1.54) is 48.5 Å². The Morgan fingerprint density at radius 2 is 1.24 bits per heavy atom. The van der Waals surface area contributed by atoms with Crippen LogP contribution < -0.4 is 0 Å². The molecule has 0 aromatic heterocycles. The predicted molar refractivity (Wildman–Crippen MR) is 124 cm³/mol. The van der Waals surface area contributed by atoms with Crippen LogP contribution >= 0.6 is 0 Å². The van der Waals surface area contributed by atoms with Crippen LogP contribution in [0.2, 0.25) is 0 Å². The zero-order valence-electron chi connectivity index (χ0n) is 19.2. The van der Waals surface area contributed by atoms with Crippen LogP contribution in [0.15, 0.2) is 91.0 Å². The Kier molecular flexibility index (Phi) is 7.90. The topological polar surface area (TPSA) is 108 Å². The summed E-state index contributed by atoms with van der Waals surface area (Å²) in [7, 11) is 0. The van der Waals surface area contributed by atoms with Crippen molar-refractivity contribution in [1.82, 2.24) is 0 Å². The molecule has 0 bridgehead atoms. The number of aliphatic hydroxyl groups is 1. The van der Waals surface area contributed by atoms with E-state index in [1.807, 2.05) is 0 Å². The molecule has 1 saturated heterocycles. The first-order valence-electron chi connectivity index (χ1n) is 11.2. The molecule has 37 heavy (non-hydrogen) atoms. The third kappa shape index (κ3) is 5.99. The highest BCUT2D eigenvalue weighted by Crippen LogP contribution is 2.39. The molecule has 0 radical (unpaired) electrons. The highest BCUT2D eigenvalue weighted by molar-refractivity contribution is 5.90. The third-order valence-electron chi connectivity index (χ3n) is 5.56. The van der Waals surface area contributed by atoms with E-state index in [1.54, 1.807) is 42.5 Å². The molecule has 3 aromatic carbocycles. The molecule has 0 aliphatic carbocycles. The first-order chi connectivity index (χ1) is 17.8. The van der Waals surface area contributed by atoms with Crippen molar-refractivity contribution in [2.45, 2.75) is 30.5 Å². The second kappa shape index (κ2) is 11.3. The molecule has 1 aliphatic rings. The number of halogens is 2. The normalized spacial score (nSPS) is 21.0. The summed E-state index contributed by atoms with van der Waals surface area (Å²) in [6.45, 7) is -0.723. The van der Waals surface area contributed by atoms with Crippen LogP contribution in [0, 0.1) is 0 Å². The van der Waals surface area contributed by atoms with Gasteiger partial charge in [0, 0.05) is 0 Å². The zero-order chi connectivity index (χ0) is 26.4. The van der Waals surface area contributed by atoms with Gasteiger partial charge < -0.3 is 24.1 Å². The summed E-state index contributed by atoms with van der Waals surface area (Å²) < 4.78 is 50.5. The van der Waals surface area contributed by atoms with E-state index in [2.05, 4.69) is 0 Å². The van der Waals surface area contributed by atoms with Gasteiger partial charge in [0.25, 0.3) is 0 Å². The van der Waals surface area contributed by atoms with Crippen LogP contribution in [0.3, 0.4) is 0 Å². The zero-order valence-corrected chi connectivity index (χ0v) is 19.2. The number of hydrogen-bond acceptors (Lipinski definition) is 8. The Hall–Kier alpha value is -4.15. The maximum Gasteiger partial charge on any atom is 0.338 e. The number of aliphatic hydroxyl groups excluding tert-OH is 1. The molecular weight excluding hydrogens is 490 g/mol. The fourth-order valence-corrected chi connectivity index (χ4v) is 3.65. The van der Waals surface area contributed by atoms with Gasteiger partial charge in [0.1, 0.15) is 12.7 Å². The molecule has 1 fully saturated rings. The summed E-state index contributed by atoms with van der Waals surface area (Å²) in [5, 5.41) is 9.92. The number of carbonyl (C=O) groups excluding carboxylic acids is 3. The van der Waals surface area contributed by atoms with Gasteiger partial charge in [0.2, 0.25) is 12.4 Å². The Morgan fingerprint density at radius 1 is 0.784 bits per heavy atom. The van der Waals surface area contributed by atoms with Gasteiger partial charge in [-0.05, 0) is 36.4 Å². The van der Waals surface area contributed by atoms with Gasteiger partial charge in [0.05, 0.1) is 16.7 Å². The fourth-order valence-electron chi connectivity index (χ4n) is 3.65. The molecule has 4 unspecified atom stereocenters. The molecule has 1 heterocycles. The lowest BCUT2D eigenvalue weighted by Crippen LogP contribution is -2.49. The van der Waals surface area contributed by atoms with Crippen molar-refractivity contribution < 1.29 is 47.2 Å². The van der Waals surface area contributed by atoms with E-state index >= 15 is 0 Å². The molecule has 1 aliphatic heterocycles. The van der Waals surface area contributed by atoms with Crippen molar-refractivity contribution in [1.29, 1.82) is 0 Å². The number of ether oxygens (including phenoxy) is 4. The lowest BCUT2D eigenvalue weighted by molar-refractivity contribution is -0.201. The van der Waals surface area contributed by atoms with Gasteiger partial charge in [-0.3, -0.25) is 0 Å². The predicted octanol–water partition coefficient (Wildman–Crippen LogP) is 3.65. The molecular formula is C27H22F2O8. The standard InChI is InChI=1S/C27H22F2O8/c28-27(29)22(37-25(32)19-14-8-3-9-15-19)21(36-26(27)33)20(35-24(31)18-12-6-2-7-13-18)16-34-23(30)17-10-4-1-5-11-17/h1-15,20-22,26,33H,16H2. The van der Waals surface area contributed by atoms with Gasteiger partial charge in [-0.2, -0.15) is 8.78 Å². The quantitative estimate of drug-likeness (QED) is 0.360. The highest BCUT2D eigenvalue weighted by atomic mass is 19.3. The summed E-state index contributed by atoms with van der Waals surface area (Å²) >= 11 is 0. The van der Waals surface area contributed by atoms with Gasteiger partial charge in [-0.15, -0.1) is 0 Å². The molecule has 0 amide bonds. The van der Waals surface area contributed by atoms with E-state index < -0.39 is 55.0 Å². The minimum absolute atomic E-state index is 0.0215. The molecule has 192 valence electrons. The van der Waals surface area contributed by atoms with Crippen molar-refractivity contribution in [3.8, 4) is 0 Å². The van der Waals surface area contributed by atoms with E-state index in [-0.39, 0.29) is 16.7 Å². The van der Waals surface area contributed by atoms with E-state index in [0.29, 0.717) is 0 Å². The van der Waals surface area contributed by atoms with Gasteiger partial charge >= 0.3 is 23.8 Å². The molecule has 10 heteroatoms. The van der Waals surface area contributed by atoms with Crippen molar-refractivity contribution in [2.75, 3.05) is 6.61 Å².